The average molecular weight is 392 g/mol. The van der Waals surface area contributed by atoms with Gasteiger partial charge in [-0.1, -0.05) is 48.0 Å². The van der Waals surface area contributed by atoms with Crippen LogP contribution >= 0.6 is 0 Å². The minimum absolute atomic E-state index is 0.191. The molecule has 0 saturated carbocycles. The van der Waals surface area contributed by atoms with Crippen LogP contribution in [0.4, 0.5) is 4.79 Å². The van der Waals surface area contributed by atoms with E-state index in [4.69, 9.17) is 10.5 Å². The van der Waals surface area contributed by atoms with Crippen molar-refractivity contribution >= 4 is 17.9 Å². The molecule has 3 N–H and O–H groups in total. The maximum absolute atomic E-state index is 12.8. The number of ether oxygens (including phenoxy) is 1. The molecule has 1 atom stereocenters. The van der Waals surface area contributed by atoms with Gasteiger partial charge in [-0.05, 0) is 26.0 Å². The van der Waals surface area contributed by atoms with Crippen LogP contribution in [0.3, 0.4) is 0 Å². The van der Waals surface area contributed by atoms with Crippen molar-refractivity contribution in [2.75, 3.05) is 0 Å². The Hall–Kier alpha value is -3.94. The maximum Gasteiger partial charge on any atom is 0.342 e. The molecule has 0 unspecified atom stereocenters. The van der Waals surface area contributed by atoms with Gasteiger partial charge in [0.15, 0.2) is 6.10 Å². The number of carbonyl (C=O) groups is 3. The number of nitrogens with two attached hydrogens (primary N) is 1. The Balaban J connectivity index is 1.96. The second-order valence-electron chi connectivity index (χ2n) is 6.44. The predicted octanol–water partition coefficient (Wildman–Crippen LogP) is 2.59. The number of aryl methyl sites for hydroxylation is 1. The van der Waals surface area contributed by atoms with Crippen LogP contribution in [0.15, 0.2) is 60.8 Å². The Morgan fingerprint density at radius 3 is 2.34 bits per heavy atom. The first-order valence-electron chi connectivity index (χ1n) is 8.88. The summed E-state index contributed by atoms with van der Waals surface area (Å²) >= 11 is 0. The maximum atomic E-state index is 12.8. The summed E-state index contributed by atoms with van der Waals surface area (Å²) in [6.45, 7) is 3.31. The van der Waals surface area contributed by atoms with Crippen LogP contribution in [0.2, 0.25) is 0 Å². The highest BCUT2D eigenvalue weighted by atomic mass is 16.5. The highest BCUT2D eigenvalue weighted by Gasteiger charge is 2.25. The molecular formula is C21H20N4O4. The van der Waals surface area contributed by atoms with Crippen molar-refractivity contribution in [2.45, 2.75) is 20.0 Å². The third-order valence-electron chi connectivity index (χ3n) is 4.18. The molecule has 0 fully saturated rings. The Bertz CT molecular complexity index is 1040. The zero-order chi connectivity index (χ0) is 21.0. The first-order chi connectivity index (χ1) is 13.8. The van der Waals surface area contributed by atoms with E-state index in [0.29, 0.717) is 5.69 Å². The van der Waals surface area contributed by atoms with Gasteiger partial charge in [-0.2, -0.15) is 5.10 Å². The summed E-state index contributed by atoms with van der Waals surface area (Å²) in [5.74, 6) is -1.55. The van der Waals surface area contributed by atoms with E-state index < -0.39 is 24.0 Å². The molecule has 148 valence electrons. The number of hydrogen-bond donors (Lipinski definition) is 2. The van der Waals surface area contributed by atoms with Crippen LogP contribution in [0, 0.1) is 6.92 Å². The van der Waals surface area contributed by atoms with E-state index in [1.807, 2.05) is 66.8 Å². The zero-order valence-corrected chi connectivity index (χ0v) is 16.0. The number of aromatic nitrogens is 2. The van der Waals surface area contributed by atoms with E-state index in [0.717, 1.165) is 16.8 Å². The minimum Gasteiger partial charge on any atom is -0.449 e. The van der Waals surface area contributed by atoms with E-state index in [9.17, 15) is 14.4 Å². The van der Waals surface area contributed by atoms with Crippen LogP contribution in [-0.4, -0.2) is 33.8 Å². The van der Waals surface area contributed by atoms with E-state index >= 15 is 0 Å². The lowest BCUT2D eigenvalue weighted by atomic mass is 10.1. The van der Waals surface area contributed by atoms with Gasteiger partial charge in [-0.25, -0.2) is 14.3 Å². The molecule has 1 aromatic heterocycles. The summed E-state index contributed by atoms with van der Waals surface area (Å²) in [6.07, 6.45) is 0.340. The molecule has 3 rings (SSSR count). The Morgan fingerprint density at radius 1 is 1.07 bits per heavy atom. The van der Waals surface area contributed by atoms with Gasteiger partial charge >= 0.3 is 12.0 Å². The molecule has 0 saturated heterocycles. The number of urea groups is 1. The molecule has 1 heterocycles. The number of carbonyl (C=O) groups excluding carboxylic acids is 3. The summed E-state index contributed by atoms with van der Waals surface area (Å²) in [6, 6.07) is 15.8. The quantitative estimate of drug-likeness (QED) is 0.648. The number of hydrogen-bond acceptors (Lipinski definition) is 5. The standard InChI is InChI=1S/C21H20N4O4/c1-13-8-10-15(11-9-13)18-17(12-25(24-18)16-6-4-3-5-7-16)20(27)29-14(2)19(26)23-21(22)28/h3-12,14H,1-2H3,(H3,22,23,26,28)/t14-/m0/s1. The fourth-order valence-corrected chi connectivity index (χ4v) is 2.66. The van der Waals surface area contributed by atoms with Gasteiger partial charge in [0, 0.05) is 11.8 Å². The van der Waals surface area contributed by atoms with Gasteiger partial charge in [0.2, 0.25) is 0 Å². The lowest BCUT2D eigenvalue weighted by Gasteiger charge is -2.11. The lowest BCUT2D eigenvalue weighted by Crippen LogP contribution is -2.42. The first-order valence-corrected chi connectivity index (χ1v) is 8.88. The number of benzene rings is 2. The van der Waals surface area contributed by atoms with Gasteiger partial charge in [0.25, 0.3) is 5.91 Å². The molecule has 0 radical (unpaired) electrons. The van der Waals surface area contributed by atoms with Crippen LogP contribution in [0.5, 0.6) is 0 Å². The smallest absolute Gasteiger partial charge is 0.342 e. The zero-order valence-electron chi connectivity index (χ0n) is 16.0. The fourth-order valence-electron chi connectivity index (χ4n) is 2.66. The number of rotatable bonds is 5. The molecule has 0 bridgehead atoms. The number of para-hydroxylation sites is 1. The first kappa shape index (κ1) is 19.8. The molecule has 0 spiro atoms. The average Bonchev–Trinajstić information content (AvgIpc) is 3.14. The molecule has 8 nitrogen and oxygen atoms in total. The molecular weight excluding hydrogens is 372 g/mol. The lowest BCUT2D eigenvalue weighted by molar-refractivity contribution is -0.127. The van der Waals surface area contributed by atoms with E-state index in [1.165, 1.54) is 6.92 Å². The molecule has 29 heavy (non-hydrogen) atoms. The predicted molar refractivity (Wildman–Crippen MR) is 106 cm³/mol. The van der Waals surface area contributed by atoms with Crippen LogP contribution in [0.1, 0.15) is 22.8 Å². The van der Waals surface area contributed by atoms with Crippen molar-refractivity contribution in [3.8, 4) is 16.9 Å². The van der Waals surface area contributed by atoms with Gasteiger partial charge in [-0.15, -0.1) is 0 Å². The summed E-state index contributed by atoms with van der Waals surface area (Å²) in [4.78, 5) is 35.4. The fraction of sp³-hybridized carbons (Fsp3) is 0.143. The second kappa shape index (κ2) is 8.39. The molecule has 2 aromatic carbocycles. The number of amides is 3. The molecule has 3 amide bonds. The van der Waals surface area contributed by atoms with Gasteiger partial charge in [-0.3, -0.25) is 10.1 Å². The Morgan fingerprint density at radius 2 is 1.72 bits per heavy atom. The van der Waals surface area contributed by atoms with Crippen molar-refractivity contribution in [3.05, 3.63) is 71.9 Å². The van der Waals surface area contributed by atoms with Gasteiger partial charge < -0.3 is 10.5 Å². The summed E-state index contributed by atoms with van der Waals surface area (Å²) in [5, 5.41) is 6.43. The summed E-state index contributed by atoms with van der Waals surface area (Å²) in [7, 11) is 0. The third-order valence-corrected chi connectivity index (χ3v) is 4.18. The minimum atomic E-state index is -1.21. The van der Waals surface area contributed by atoms with Crippen LogP contribution < -0.4 is 11.1 Å². The van der Waals surface area contributed by atoms with Crippen molar-refractivity contribution < 1.29 is 19.1 Å². The highest BCUT2D eigenvalue weighted by molar-refractivity contribution is 6.00. The Kier molecular flexibility index (Phi) is 5.73. The number of esters is 1. The third kappa shape index (κ3) is 4.67. The summed E-state index contributed by atoms with van der Waals surface area (Å²) in [5.41, 5.74) is 8.10. The normalized spacial score (nSPS) is 11.5. The highest BCUT2D eigenvalue weighted by Crippen LogP contribution is 2.25. The van der Waals surface area contributed by atoms with E-state index in [-0.39, 0.29) is 5.56 Å². The largest absolute Gasteiger partial charge is 0.449 e. The van der Waals surface area contributed by atoms with Crippen LogP contribution in [-0.2, 0) is 9.53 Å². The van der Waals surface area contributed by atoms with Gasteiger partial charge in [0.1, 0.15) is 11.3 Å². The molecule has 3 aromatic rings. The van der Waals surface area contributed by atoms with E-state index in [1.54, 1.807) is 10.9 Å². The second-order valence-corrected chi connectivity index (χ2v) is 6.44. The van der Waals surface area contributed by atoms with Crippen LogP contribution in [0.25, 0.3) is 16.9 Å². The van der Waals surface area contributed by atoms with Crippen molar-refractivity contribution in [1.29, 1.82) is 0 Å². The van der Waals surface area contributed by atoms with Crippen molar-refractivity contribution in [3.63, 3.8) is 0 Å². The van der Waals surface area contributed by atoms with Crippen molar-refractivity contribution in [1.82, 2.24) is 15.1 Å². The monoisotopic (exact) mass is 392 g/mol. The number of nitrogens with one attached hydrogen (secondary N) is 1. The number of primary amides is 1. The Labute approximate surface area is 167 Å². The molecule has 8 heteroatoms. The SMILES string of the molecule is Cc1ccc(-c2nn(-c3ccccc3)cc2C(=O)O[C@@H](C)C(=O)NC(N)=O)cc1. The number of nitrogens with zero attached hydrogens (tertiary/aromatic N) is 2. The molecule has 0 aliphatic carbocycles. The number of imide groups is 1. The van der Waals surface area contributed by atoms with E-state index in [2.05, 4.69) is 5.10 Å². The summed E-state index contributed by atoms with van der Waals surface area (Å²) < 4.78 is 6.79. The van der Waals surface area contributed by atoms with Crippen molar-refractivity contribution in [2.24, 2.45) is 5.73 Å². The van der Waals surface area contributed by atoms with Gasteiger partial charge in [0.05, 0.1) is 5.69 Å². The molecule has 0 aliphatic rings. The topological polar surface area (TPSA) is 116 Å². The molecule has 0 aliphatic heterocycles.